The molecule has 200 valence electrons. The monoisotopic (exact) mass is 518 g/mol. The van der Waals surface area contributed by atoms with E-state index in [2.05, 4.69) is 31.5 Å². The van der Waals surface area contributed by atoms with E-state index >= 15 is 0 Å². The molecule has 0 spiro atoms. The predicted molar refractivity (Wildman–Crippen MR) is 144 cm³/mol. The highest BCUT2D eigenvalue weighted by Crippen LogP contribution is 2.27. The maximum atomic E-state index is 13.2. The first-order valence-corrected chi connectivity index (χ1v) is 12.7. The van der Waals surface area contributed by atoms with E-state index in [0.29, 0.717) is 30.9 Å². The Morgan fingerprint density at radius 1 is 1.11 bits per heavy atom. The Labute approximate surface area is 221 Å². The van der Waals surface area contributed by atoms with Crippen molar-refractivity contribution in [3.05, 3.63) is 80.9 Å². The molecular weight excluding hydrogens is 484 g/mol. The van der Waals surface area contributed by atoms with E-state index in [-0.39, 0.29) is 24.8 Å². The SMILES string of the molecule is CCOC(=O)Cn1nnnc1[C@@H](CC)N(Cc1ccc(OC)cc1)Cc1cc2ccc(C)c(C)c2[nH]c1=O. The first-order valence-electron chi connectivity index (χ1n) is 12.7. The molecule has 0 aliphatic rings. The highest BCUT2D eigenvalue weighted by Gasteiger charge is 2.27. The van der Waals surface area contributed by atoms with Gasteiger partial charge in [-0.2, -0.15) is 0 Å². The molecule has 0 aliphatic carbocycles. The molecule has 10 nitrogen and oxygen atoms in total. The van der Waals surface area contributed by atoms with Gasteiger partial charge >= 0.3 is 5.97 Å². The number of hydrogen-bond acceptors (Lipinski definition) is 8. The van der Waals surface area contributed by atoms with Gasteiger partial charge in [0.1, 0.15) is 12.3 Å². The maximum absolute atomic E-state index is 13.2. The van der Waals surface area contributed by atoms with Crippen LogP contribution in [0.25, 0.3) is 10.9 Å². The summed E-state index contributed by atoms with van der Waals surface area (Å²) in [7, 11) is 1.63. The highest BCUT2D eigenvalue weighted by molar-refractivity contribution is 5.83. The first-order chi connectivity index (χ1) is 18.3. The largest absolute Gasteiger partial charge is 0.497 e. The molecule has 0 fully saturated rings. The van der Waals surface area contributed by atoms with Crippen molar-refractivity contribution < 1.29 is 14.3 Å². The summed E-state index contributed by atoms with van der Waals surface area (Å²) in [5.74, 6) is 0.898. The number of aromatic amines is 1. The second-order valence-corrected chi connectivity index (χ2v) is 9.27. The van der Waals surface area contributed by atoms with Crippen molar-refractivity contribution in [2.24, 2.45) is 0 Å². The quantitative estimate of drug-likeness (QED) is 0.298. The van der Waals surface area contributed by atoms with E-state index in [4.69, 9.17) is 9.47 Å². The third kappa shape index (κ3) is 5.91. The second kappa shape index (κ2) is 12.0. The van der Waals surface area contributed by atoms with Crippen LogP contribution in [0.5, 0.6) is 5.75 Å². The van der Waals surface area contributed by atoms with E-state index in [1.165, 1.54) is 4.68 Å². The smallest absolute Gasteiger partial charge is 0.327 e. The summed E-state index contributed by atoms with van der Waals surface area (Å²) in [6.45, 7) is 8.91. The average Bonchev–Trinajstić information content (AvgIpc) is 3.35. The fourth-order valence-corrected chi connectivity index (χ4v) is 4.64. The Hall–Kier alpha value is -4.05. The molecule has 0 saturated heterocycles. The van der Waals surface area contributed by atoms with Gasteiger partial charge in [-0.3, -0.25) is 14.5 Å². The van der Waals surface area contributed by atoms with E-state index in [1.807, 2.05) is 57.2 Å². The molecule has 0 unspecified atom stereocenters. The van der Waals surface area contributed by atoms with E-state index < -0.39 is 5.97 Å². The number of pyridine rings is 1. The van der Waals surface area contributed by atoms with Gasteiger partial charge in [0.2, 0.25) is 0 Å². The third-order valence-electron chi connectivity index (χ3n) is 6.82. The molecule has 10 heteroatoms. The van der Waals surface area contributed by atoms with Crippen molar-refractivity contribution in [3.63, 3.8) is 0 Å². The van der Waals surface area contributed by atoms with Crippen LogP contribution < -0.4 is 10.3 Å². The Morgan fingerprint density at radius 3 is 2.55 bits per heavy atom. The number of nitrogens with one attached hydrogen (secondary N) is 1. The van der Waals surface area contributed by atoms with Gasteiger partial charge in [-0.15, -0.1) is 5.10 Å². The van der Waals surface area contributed by atoms with Crippen LogP contribution in [0.3, 0.4) is 0 Å². The molecule has 2 heterocycles. The zero-order chi connectivity index (χ0) is 27.2. The summed E-state index contributed by atoms with van der Waals surface area (Å²) < 4.78 is 11.9. The minimum absolute atomic E-state index is 0.0851. The van der Waals surface area contributed by atoms with Gasteiger partial charge < -0.3 is 14.5 Å². The number of rotatable bonds is 11. The van der Waals surface area contributed by atoms with Gasteiger partial charge in [0.15, 0.2) is 5.82 Å². The molecule has 1 N–H and O–H groups in total. The maximum Gasteiger partial charge on any atom is 0.327 e. The number of fused-ring (bicyclic) bond motifs is 1. The van der Waals surface area contributed by atoms with E-state index in [1.54, 1.807) is 14.0 Å². The summed E-state index contributed by atoms with van der Waals surface area (Å²) >= 11 is 0. The summed E-state index contributed by atoms with van der Waals surface area (Å²) in [5.41, 5.74) is 4.58. The van der Waals surface area contributed by atoms with Crippen LogP contribution in [0.15, 0.2) is 47.3 Å². The number of carbonyl (C=O) groups excluding carboxylic acids is 1. The molecule has 2 aromatic carbocycles. The number of hydrogen-bond donors (Lipinski definition) is 1. The van der Waals surface area contributed by atoms with Gasteiger partial charge in [-0.05, 0) is 77.9 Å². The molecule has 38 heavy (non-hydrogen) atoms. The Morgan fingerprint density at radius 2 is 1.87 bits per heavy atom. The number of aryl methyl sites for hydroxylation is 2. The van der Waals surface area contributed by atoms with Gasteiger partial charge in [0.25, 0.3) is 5.56 Å². The lowest BCUT2D eigenvalue weighted by atomic mass is 10.0. The van der Waals surface area contributed by atoms with Gasteiger partial charge in [-0.25, -0.2) is 4.68 Å². The van der Waals surface area contributed by atoms with Crippen LogP contribution >= 0.6 is 0 Å². The molecule has 0 saturated carbocycles. The van der Waals surface area contributed by atoms with Crippen molar-refractivity contribution in [1.82, 2.24) is 30.1 Å². The lowest BCUT2D eigenvalue weighted by Gasteiger charge is -2.30. The van der Waals surface area contributed by atoms with E-state index in [9.17, 15) is 9.59 Å². The highest BCUT2D eigenvalue weighted by atomic mass is 16.5. The normalized spacial score (nSPS) is 12.2. The van der Waals surface area contributed by atoms with Crippen molar-refractivity contribution in [3.8, 4) is 5.75 Å². The lowest BCUT2D eigenvalue weighted by molar-refractivity contribution is -0.144. The van der Waals surface area contributed by atoms with Crippen molar-refractivity contribution in [1.29, 1.82) is 0 Å². The topological polar surface area (TPSA) is 115 Å². The van der Waals surface area contributed by atoms with Crippen LogP contribution in [0, 0.1) is 13.8 Å². The number of H-pyrrole nitrogens is 1. The summed E-state index contributed by atoms with van der Waals surface area (Å²) in [5, 5.41) is 13.1. The number of benzene rings is 2. The first kappa shape index (κ1) is 27.0. The minimum atomic E-state index is -0.408. The average molecular weight is 519 g/mol. The molecule has 0 aliphatic heterocycles. The molecule has 2 aromatic heterocycles. The van der Waals surface area contributed by atoms with Gasteiger partial charge in [-0.1, -0.05) is 31.2 Å². The zero-order valence-corrected chi connectivity index (χ0v) is 22.5. The molecule has 1 atom stereocenters. The van der Waals surface area contributed by atoms with Gasteiger partial charge in [0, 0.05) is 18.7 Å². The number of nitrogens with zero attached hydrogens (tertiary/aromatic N) is 5. The molecular formula is C28H34N6O4. The summed E-state index contributed by atoms with van der Waals surface area (Å²) in [6, 6.07) is 13.6. The fraction of sp³-hybridized carbons (Fsp3) is 0.393. The number of carbonyl (C=O) groups is 1. The molecule has 4 rings (SSSR count). The van der Waals surface area contributed by atoms with Gasteiger partial charge in [0.05, 0.1) is 25.3 Å². The molecule has 0 amide bonds. The molecule has 0 radical (unpaired) electrons. The van der Waals surface area contributed by atoms with Crippen molar-refractivity contribution in [2.45, 2.75) is 59.8 Å². The summed E-state index contributed by atoms with van der Waals surface area (Å²) in [6.07, 6.45) is 0.656. The fourth-order valence-electron chi connectivity index (χ4n) is 4.64. The summed E-state index contributed by atoms with van der Waals surface area (Å²) in [4.78, 5) is 30.7. The minimum Gasteiger partial charge on any atom is -0.497 e. The lowest BCUT2D eigenvalue weighted by Crippen LogP contribution is -2.33. The van der Waals surface area contributed by atoms with Crippen LogP contribution in [0.1, 0.15) is 54.4 Å². The predicted octanol–water partition coefficient (Wildman–Crippen LogP) is 3.86. The van der Waals surface area contributed by atoms with Crippen molar-refractivity contribution in [2.75, 3.05) is 13.7 Å². The standard InChI is InChI=1S/C28H34N6O4/c1-6-24(27-30-31-32-34(27)17-25(35)38-7-2)33(15-20-9-12-23(37-5)13-10-20)16-22-14-21-11-8-18(3)19(4)26(21)29-28(22)36/h8-14,24H,6-7,15-17H2,1-5H3,(H,29,36)/t24-/m1/s1. The van der Waals surface area contributed by atoms with Crippen LogP contribution in [-0.4, -0.2) is 49.8 Å². The third-order valence-corrected chi connectivity index (χ3v) is 6.82. The van der Waals surface area contributed by atoms with Crippen LogP contribution in [0.2, 0.25) is 0 Å². The van der Waals surface area contributed by atoms with Crippen LogP contribution in [-0.2, 0) is 29.2 Å². The number of methoxy groups -OCH3 is 1. The number of tetrazole rings is 1. The van der Waals surface area contributed by atoms with Crippen molar-refractivity contribution >= 4 is 16.9 Å². The Kier molecular flexibility index (Phi) is 8.52. The number of esters is 1. The molecule has 0 bridgehead atoms. The molecule has 4 aromatic rings. The Bertz CT molecular complexity index is 1460. The second-order valence-electron chi connectivity index (χ2n) is 9.27. The van der Waals surface area contributed by atoms with Crippen LogP contribution in [0.4, 0.5) is 0 Å². The zero-order valence-electron chi connectivity index (χ0n) is 22.5. The Balaban J connectivity index is 1.73. The van der Waals surface area contributed by atoms with E-state index in [0.717, 1.165) is 33.3 Å². The number of aromatic nitrogens is 5. The number of ether oxygens (including phenoxy) is 2.